The molecule has 106 valence electrons. The fourth-order valence-corrected chi connectivity index (χ4v) is 2.43. The number of aliphatic hydroxyl groups excluding tert-OH is 1. The second kappa shape index (κ2) is 6.87. The van der Waals surface area contributed by atoms with E-state index in [9.17, 15) is 5.11 Å². The third-order valence-electron chi connectivity index (χ3n) is 3.77. The lowest BCUT2D eigenvalue weighted by molar-refractivity contribution is 0.209. The maximum absolute atomic E-state index is 9.31. The fraction of sp³-hybridized carbons (Fsp3) is 0.667. The summed E-state index contributed by atoms with van der Waals surface area (Å²) in [6.45, 7) is 7.35. The van der Waals surface area contributed by atoms with Gasteiger partial charge in [-0.2, -0.15) is 0 Å². The molecule has 19 heavy (non-hydrogen) atoms. The zero-order valence-corrected chi connectivity index (χ0v) is 12.0. The van der Waals surface area contributed by atoms with E-state index in [1.165, 1.54) is 12.8 Å². The molecule has 1 saturated heterocycles. The summed E-state index contributed by atoms with van der Waals surface area (Å²) in [7, 11) is 0. The maximum atomic E-state index is 9.31. The molecule has 0 aliphatic carbocycles. The lowest BCUT2D eigenvalue weighted by Crippen LogP contribution is -2.36. The molecule has 0 saturated carbocycles. The van der Waals surface area contributed by atoms with Crippen LogP contribution in [0.25, 0.3) is 0 Å². The predicted molar refractivity (Wildman–Crippen MR) is 78.2 cm³/mol. The molecule has 0 radical (unpaired) electrons. The second-order valence-electron chi connectivity index (χ2n) is 5.60. The molecule has 1 aliphatic heterocycles. The van der Waals surface area contributed by atoms with Crippen LogP contribution in [-0.2, 0) is 6.54 Å². The highest BCUT2D eigenvalue weighted by atomic mass is 16.3. The summed E-state index contributed by atoms with van der Waals surface area (Å²) in [6.07, 6.45) is 2.54. The zero-order chi connectivity index (χ0) is 13.7. The van der Waals surface area contributed by atoms with Crippen LogP contribution in [0.1, 0.15) is 32.4 Å². The summed E-state index contributed by atoms with van der Waals surface area (Å²) in [5, 5.41) is 12.7. The third-order valence-corrected chi connectivity index (χ3v) is 3.77. The van der Waals surface area contributed by atoms with E-state index in [0.29, 0.717) is 12.5 Å². The first-order chi connectivity index (χ1) is 9.20. The van der Waals surface area contributed by atoms with Crippen LogP contribution in [0.3, 0.4) is 0 Å². The highest BCUT2D eigenvalue weighted by Crippen LogP contribution is 2.17. The molecule has 4 heteroatoms. The molecule has 1 atom stereocenters. The largest absolute Gasteiger partial charge is 0.395 e. The van der Waals surface area contributed by atoms with Gasteiger partial charge in [0.1, 0.15) is 5.82 Å². The fourth-order valence-electron chi connectivity index (χ4n) is 2.43. The first-order valence-corrected chi connectivity index (χ1v) is 7.26. The molecule has 2 rings (SSSR count). The summed E-state index contributed by atoms with van der Waals surface area (Å²) in [6, 6.07) is 6.33. The Labute approximate surface area is 115 Å². The van der Waals surface area contributed by atoms with Crippen molar-refractivity contribution in [3.8, 4) is 0 Å². The van der Waals surface area contributed by atoms with Gasteiger partial charge >= 0.3 is 0 Å². The minimum atomic E-state index is 0.136. The van der Waals surface area contributed by atoms with Crippen LogP contribution >= 0.6 is 0 Å². The molecule has 2 heterocycles. The number of nitrogens with zero attached hydrogens (tertiary/aromatic N) is 2. The van der Waals surface area contributed by atoms with Crippen molar-refractivity contribution in [2.75, 3.05) is 24.6 Å². The van der Waals surface area contributed by atoms with Crippen LogP contribution in [0.2, 0.25) is 0 Å². The van der Waals surface area contributed by atoms with E-state index in [2.05, 4.69) is 36.2 Å². The van der Waals surface area contributed by atoms with Gasteiger partial charge in [0, 0.05) is 25.7 Å². The van der Waals surface area contributed by atoms with Crippen LogP contribution in [0, 0.1) is 5.92 Å². The molecule has 0 unspecified atom stereocenters. The number of anilines is 1. The number of pyridine rings is 1. The van der Waals surface area contributed by atoms with Gasteiger partial charge in [0.25, 0.3) is 0 Å². The molecule has 2 N–H and O–H groups in total. The van der Waals surface area contributed by atoms with E-state index in [0.717, 1.165) is 24.6 Å². The number of rotatable bonds is 6. The van der Waals surface area contributed by atoms with Crippen LogP contribution in [0.5, 0.6) is 0 Å². The van der Waals surface area contributed by atoms with E-state index < -0.39 is 0 Å². The smallest absolute Gasteiger partial charge is 0.128 e. The van der Waals surface area contributed by atoms with Gasteiger partial charge in [0.05, 0.1) is 12.3 Å². The normalized spacial score (nSPS) is 17.2. The first kappa shape index (κ1) is 14.3. The average molecular weight is 263 g/mol. The minimum Gasteiger partial charge on any atom is -0.395 e. The van der Waals surface area contributed by atoms with Gasteiger partial charge in [-0.1, -0.05) is 19.9 Å². The highest BCUT2D eigenvalue weighted by molar-refractivity contribution is 5.40. The standard InChI is InChI=1S/C15H25N3O/c1-12(2)14(11-19)16-10-13-6-5-7-15(17-13)18-8-3-4-9-18/h5-7,12,14,16,19H,3-4,8-11H2,1-2H3/t14-/m0/s1. The predicted octanol–water partition coefficient (Wildman–Crippen LogP) is 1.79. The molecule has 4 nitrogen and oxygen atoms in total. The summed E-state index contributed by atoms with van der Waals surface area (Å²) in [5.74, 6) is 1.51. The van der Waals surface area contributed by atoms with E-state index in [4.69, 9.17) is 4.98 Å². The Bertz CT molecular complexity index is 389. The van der Waals surface area contributed by atoms with Crippen molar-refractivity contribution >= 4 is 5.82 Å². The van der Waals surface area contributed by atoms with Crippen molar-refractivity contribution in [1.29, 1.82) is 0 Å². The molecule has 1 aromatic rings. The Kier molecular flexibility index (Phi) is 5.16. The van der Waals surface area contributed by atoms with Gasteiger partial charge in [-0.25, -0.2) is 4.98 Å². The third kappa shape index (κ3) is 3.91. The maximum Gasteiger partial charge on any atom is 0.128 e. The second-order valence-corrected chi connectivity index (χ2v) is 5.60. The van der Waals surface area contributed by atoms with Crippen LogP contribution in [-0.4, -0.2) is 35.8 Å². The van der Waals surface area contributed by atoms with Crippen molar-refractivity contribution in [1.82, 2.24) is 10.3 Å². The zero-order valence-electron chi connectivity index (χ0n) is 12.0. The van der Waals surface area contributed by atoms with E-state index in [1.54, 1.807) is 0 Å². The highest BCUT2D eigenvalue weighted by Gasteiger charge is 2.14. The van der Waals surface area contributed by atoms with Gasteiger partial charge in [-0.3, -0.25) is 0 Å². The van der Waals surface area contributed by atoms with Gasteiger partial charge in [0.15, 0.2) is 0 Å². The van der Waals surface area contributed by atoms with Crippen molar-refractivity contribution in [2.24, 2.45) is 5.92 Å². The minimum absolute atomic E-state index is 0.136. The van der Waals surface area contributed by atoms with E-state index >= 15 is 0 Å². The Balaban J connectivity index is 1.95. The Morgan fingerprint density at radius 1 is 1.32 bits per heavy atom. The molecule has 1 aromatic heterocycles. The molecule has 0 bridgehead atoms. The summed E-state index contributed by atoms with van der Waals surface area (Å²) in [4.78, 5) is 7.04. The number of aliphatic hydroxyl groups is 1. The van der Waals surface area contributed by atoms with Crippen LogP contribution < -0.4 is 10.2 Å². The molecular weight excluding hydrogens is 238 g/mol. The first-order valence-electron chi connectivity index (χ1n) is 7.26. The van der Waals surface area contributed by atoms with Crippen LogP contribution in [0.4, 0.5) is 5.82 Å². The van der Waals surface area contributed by atoms with Gasteiger partial charge in [-0.15, -0.1) is 0 Å². The number of hydrogen-bond donors (Lipinski definition) is 2. The van der Waals surface area contributed by atoms with Crippen molar-refractivity contribution in [3.05, 3.63) is 23.9 Å². The quantitative estimate of drug-likeness (QED) is 0.821. The van der Waals surface area contributed by atoms with Crippen molar-refractivity contribution in [2.45, 2.75) is 39.3 Å². The number of nitrogens with one attached hydrogen (secondary N) is 1. The molecule has 0 amide bonds. The lowest BCUT2D eigenvalue weighted by atomic mass is 10.1. The molecule has 1 fully saturated rings. The van der Waals surface area contributed by atoms with Gasteiger partial charge < -0.3 is 15.3 Å². The lowest BCUT2D eigenvalue weighted by Gasteiger charge is -2.21. The summed E-state index contributed by atoms with van der Waals surface area (Å²) in [5.41, 5.74) is 1.04. The number of aromatic nitrogens is 1. The SMILES string of the molecule is CC(C)[C@H](CO)NCc1cccc(N2CCCC2)n1. The summed E-state index contributed by atoms with van der Waals surface area (Å²) < 4.78 is 0. The van der Waals surface area contributed by atoms with Gasteiger partial charge in [-0.05, 0) is 30.9 Å². The van der Waals surface area contributed by atoms with E-state index in [-0.39, 0.29) is 12.6 Å². The molecular formula is C15H25N3O. The molecule has 0 aromatic carbocycles. The van der Waals surface area contributed by atoms with E-state index in [1.807, 2.05) is 6.07 Å². The van der Waals surface area contributed by atoms with Gasteiger partial charge in [0.2, 0.25) is 0 Å². The van der Waals surface area contributed by atoms with Crippen LogP contribution in [0.15, 0.2) is 18.2 Å². The average Bonchev–Trinajstić information content (AvgIpc) is 2.93. The monoisotopic (exact) mass is 263 g/mol. The Morgan fingerprint density at radius 2 is 2.05 bits per heavy atom. The number of hydrogen-bond acceptors (Lipinski definition) is 4. The van der Waals surface area contributed by atoms with Crippen molar-refractivity contribution < 1.29 is 5.11 Å². The topological polar surface area (TPSA) is 48.4 Å². The molecule has 0 spiro atoms. The molecule has 1 aliphatic rings. The Morgan fingerprint density at radius 3 is 2.68 bits per heavy atom. The summed E-state index contributed by atoms with van der Waals surface area (Å²) >= 11 is 0. The van der Waals surface area contributed by atoms with Crippen molar-refractivity contribution in [3.63, 3.8) is 0 Å². The Hall–Kier alpha value is -1.13.